The van der Waals surface area contributed by atoms with Crippen LogP contribution < -0.4 is 11.1 Å². The van der Waals surface area contributed by atoms with Crippen LogP contribution in [0.25, 0.3) is 10.9 Å². The van der Waals surface area contributed by atoms with Gasteiger partial charge in [0, 0.05) is 43.7 Å². The fraction of sp³-hybridized carbons (Fsp3) is 0.474. The van der Waals surface area contributed by atoms with Gasteiger partial charge in [0.15, 0.2) is 0 Å². The smallest absolute Gasteiger partial charge is 0.221 e. The minimum Gasteiger partial charge on any atom is -0.354 e. The summed E-state index contributed by atoms with van der Waals surface area (Å²) in [7, 11) is 0. The lowest BCUT2D eigenvalue weighted by atomic mass is 10.00. The minimum atomic E-state index is 0.0508. The molecule has 1 fully saturated rings. The molecule has 1 aromatic heterocycles. The van der Waals surface area contributed by atoms with Crippen LogP contribution in [-0.2, 0) is 11.3 Å². The van der Waals surface area contributed by atoms with Crippen LogP contribution in [0.2, 0.25) is 0 Å². The molecule has 1 atom stereocenters. The molecule has 0 bridgehead atoms. The van der Waals surface area contributed by atoms with Gasteiger partial charge >= 0.3 is 0 Å². The van der Waals surface area contributed by atoms with Crippen molar-refractivity contribution in [3.8, 4) is 0 Å². The summed E-state index contributed by atoms with van der Waals surface area (Å²) < 4.78 is 0. The SMILES string of the molecule is NCCC(=O)NCC1CCCCN1Cc1cccc2cccnc12. The van der Waals surface area contributed by atoms with Crippen LogP contribution in [0.3, 0.4) is 0 Å². The van der Waals surface area contributed by atoms with E-state index < -0.39 is 0 Å². The first-order valence-corrected chi connectivity index (χ1v) is 8.81. The predicted molar refractivity (Wildman–Crippen MR) is 96.5 cm³/mol. The summed E-state index contributed by atoms with van der Waals surface area (Å²) in [5, 5.41) is 4.21. The van der Waals surface area contributed by atoms with Crippen molar-refractivity contribution in [1.29, 1.82) is 0 Å². The lowest BCUT2D eigenvalue weighted by Crippen LogP contribution is -2.46. The van der Waals surface area contributed by atoms with Crippen LogP contribution >= 0.6 is 0 Å². The van der Waals surface area contributed by atoms with Crippen molar-refractivity contribution in [3.05, 3.63) is 42.1 Å². The number of rotatable bonds is 6. The summed E-state index contributed by atoms with van der Waals surface area (Å²) in [5.74, 6) is 0.0508. The number of fused-ring (bicyclic) bond motifs is 1. The molecule has 3 rings (SSSR count). The van der Waals surface area contributed by atoms with Crippen molar-refractivity contribution in [3.63, 3.8) is 0 Å². The van der Waals surface area contributed by atoms with Gasteiger partial charge in [0.05, 0.1) is 5.52 Å². The zero-order valence-corrected chi connectivity index (χ0v) is 14.1. The minimum absolute atomic E-state index is 0.0508. The van der Waals surface area contributed by atoms with E-state index in [0.29, 0.717) is 25.6 Å². The molecule has 0 spiro atoms. The molecular formula is C19H26N4O. The third-order valence-electron chi connectivity index (χ3n) is 4.75. The van der Waals surface area contributed by atoms with Crippen LogP contribution in [0.5, 0.6) is 0 Å². The molecule has 1 aliphatic heterocycles. The molecule has 1 aliphatic rings. The molecule has 1 saturated heterocycles. The molecule has 5 nitrogen and oxygen atoms in total. The number of aromatic nitrogens is 1. The molecule has 0 radical (unpaired) electrons. The van der Waals surface area contributed by atoms with Gasteiger partial charge in [0.2, 0.25) is 5.91 Å². The van der Waals surface area contributed by atoms with Gasteiger partial charge in [0.25, 0.3) is 0 Å². The Morgan fingerprint density at radius 2 is 2.17 bits per heavy atom. The summed E-state index contributed by atoms with van der Waals surface area (Å²) in [5.41, 5.74) is 7.78. The number of nitrogens with zero attached hydrogens (tertiary/aromatic N) is 2. The number of carbonyl (C=O) groups excluding carboxylic acids is 1. The quantitative estimate of drug-likeness (QED) is 0.852. The normalized spacial score (nSPS) is 18.6. The van der Waals surface area contributed by atoms with Crippen LogP contribution in [0.4, 0.5) is 0 Å². The molecular weight excluding hydrogens is 300 g/mol. The van der Waals surface area contributed by atoms with Gasteiger partial charge < -0.3 is 11.1 Å². The largest absolute Gasteiger partial charge is 0.354 e. The molecule has 5 heteroatoms. The second-order valence-corrected chi connectivity index (χ2v) is 6.46. The molecule has 1 aromatic carbocycles. The van der Waals surface area contributed by atoms with E-state index in [1.807, 2.05) is 12.3 Å². The van der Waals surface area contributed by atoms with Gasteiger partial charge in [-0.25, -0.2) is 0 Å². The van der Waals surface area contributed by atoms with Crippen molar-refractivity contribution in [2.75, 3.05) is 19.6 Å². The number of nitrogens with one attached hydrogen (secondary N) is 1. The molecule has 0 aliphatic carbocycles. The van der Waals surface area contributed by atoms with Gasteiger partial charge in [-0.1, -0.05) is 30.7 Å². The Morgan fingerprint density at radius 1 is 1.29 bits per heavy atom. The number of hydrogen-bond acceptors (Lipinski definition) is 4. The first-order chi connectivity index (χ1) is 11.8. The second-order valence-electron chi connectivity index (χ2n) is 6.46. The molecule has 2 aromatic rings. The number of para-hydroxylation sites is 1. The lowest BCUT2D eigenvalue weighted by Gasteiger charge is -2.36. The third-order valence-corrected chi connectivity index (χ3v) is 4.75. The van der Waals surface area contributed by atoms with E-state index in [0.717, 1.165) is 25.0 Å². The van der Waals surface area contributed by atoms with Gasteiger partial charge in [0.1, 0.15) is 0 Å². The van der Waals surface area contributed by atoms with Gasteiger partial charge in [-0.05, 0) is 31.0 Å². The second kappa shape index (κ2) is 8.22. The van der Waals surface area contributed by atoms with Crippen LogP contribution in [0.1, 0.15) is 31.2 Å². The molecule has 3 N–H and O–H groups in total. The third kappa shape index (κ3) is 4.10. The number of amides is 1. The van der Waals surface area contributed by atoms with Gasteiger partial charge in [-0.3, -0.25) is 14.7 Å². The maximum Gasteiger partial charge on any atom is 0.221 e. The van der Waals surface area contributed by atoms with Crippen molar-refractivity contribution < 1.29 is 4.79 Å². The highest BCUT2D eigenvalue weighted by Crippen LogP contribution is 2.23. The van der Waals surface area contributed by atoms with E-state index in [9.17, 15) is 4.79 Å². The number of benzene rings is 1. The maximum atomic E-state index is 11.7. The van der Waals surface area contributed by atoms with Crippen molar-refractivity contribution in [1.82, 2.24) is 15.2 Å². The van der Waals surface area contributed by atoms with E-state index in [4.69, 9.17) is 5.73 Å². The van der Waals surface area contributed by atoms with Crippen LogP contribution in [0.15, 0.2) is 36.5 Å². The number of nitrogens with two attached hydrogens (primary N) is 1. The fourth-order valence-corrected chi connectivity index (χ4v) is 3.46. The standard InChI is InChI=1S/C19H26N4O/c20-10-9-18(24)22-13-17-8-1-2-12-23(17)14-16-6-3-5-15-7-4-11-21-19(15)16/h3-7,11,17H,1-2,8-10,12-14,20H2,(H,22,24). The number of pyridine rings is 1. The fourth-order valence-electron chi connectivity index (χ4n) is 3.46. The Kier molecular flexibility index (Phi) is 5.77. The molecule has 0 saturated carbocycles. The Morgan fingerprint density at radius 3 is 3.04 bits per heavy atom. The number of piperidine rings is 1. The number of hydrogen-bond donors (Lipinski definition) is 2. The molecule has 2 heterocycles. The Bertz CT molecular complexity index is 683. The molecule has 1 unspecified atom stereocenters. The zero-order valence-electron chi connectivity index (χ0n) is 14.1. The maximum absolute atomic E-state index is 11.7. The van der Waals surface area contributed by atoms with E-state index in [2.05, 4.69) is 39.5 Å². The van der Waals surface area contributed by atoms with E-state index in [1.54, 1.807) is 0 Å². The lowest BCUT2D eigenvalue weighted by molar-refractivity contribution is -0.121. The zero-order chi connectivity index (χ0) is 16.8. The highest BCUT2D eigenvalue weighted by Gasteiger charge is 2.23. The Hall–Kier alpha value is -1.98. The molecule has 24 heavy (non-hydrogen) atoms. The topological polar surface area (TPSA) is 71.2 Å². The average Bonchev–Trinajstić information content (AvgIpc) is 2.61. The Balaban J connectivity index is 1.70. The highest BCUT2D eigenvalue weighted by atomic mass is 16.1. The summed E-state index contributed by atoms with van der Waals surface area (Å²) in [6.45, 7) is 3.06. The summed E-state index contributed by atoms with van der Waals surface area (Å²) in [6, 6.07) is 10.8. The van der Waals surface area contributed by atoms with Gasteiger partial charge in [-0.15, -0.1) is 0 Å². The first kappa shape index (κ1) is 16.9. The first-order valence-electron chi connectivity index (χ1n) is 8.81. The van der Waals surface area contributed by atoms with Crippen LogP contribution in [0, 0.1) is 0 Å². The summed E-state index contributed by atoms with van der Waals surface area (Å²) in [4.78, 5) is 18.7. The monoisotopic (exact) mass is 326 g/mol. The van der Waals surface area contributed by atoms with Crippen molar-refractivity contribution in [2.24, 2.45) is 5.73 Å². The predicted octanol–water partition coefficient (Wildman–Crippen LogP) is 2.05. The van der Waals surface area contributed by atoms with Crippen LogP contribution in [-0.4, -0.2) is 41.5 Å². The number of likely N-dealkylation sites (tertiary alicyclic amines) is 1. The van der Waals surface area contributed by atoms with Gasteiger partial charge in [-0.2, -0.15) is 0 Å². The van der Waals surface area contributed by atoms with Crippen molar-refractivity contribution >= 4 is 16.8 Å². The van der Waals surface area contributed by atoms with E-state index in [-0.39, 0.29) is 5.91 Å². The summed E-state index contributed by atoms with van der Waals surface area (Å²) in [6.07, 6.45) is 5.82. The highest BCUT2D eigenvalue weighted by molar-refractivity contribution is 5.81. The molecule has 1 amide bonds. The number of carbonyl (C=O) groups is 1. The molecule has 128 valence electrons. The Labute approximate surface area is 143 Å². The van der Waals surface area contributed by atoms with Crippen molar-refractivity contribution in [2.45, 2.75) is 38.3 Å². The average molecular weight is 326 g/mol. The van der Waals surface area contributed by atoms with E-state index >= 15 is 0 Å². The summed E-state index contributed by atoms with van der Waals surface area (Å²) >= 11 is 0. The van der Waals surface area contributed by atoms with E-state index in [1.165, 1.54) is 23.8 Å².